The van der Waals surface area contributed by atoms with Gasteiger partial charge in [0.1, 0.15) is 6.10 Å². The third kappa shape index (κ3) is 4.20. The molecule has 3 heterocycles. The average molecular weight is 317 g/mol. The number of aromatic nitrogens is 4. The first-order valence-corrected chi connectivity index (χ1v) is 8.46. The lowest BCUT2D eigenvalue weighted by Gasteiger charge is -2.31. The summed E-state index contributed by atoms with van der Waals surface area (Å²) in [5, 5.41) is 12.4. The number of nitrogens with one attached hydrogen (secondary N) is 1. The molecular formula is C17H27N5O. The molecule has 2 aromatic rings. The number of aryl methyl sites for hydroxylation is 1. The molecule has 1 N–H and O–H groups in total. The zero-order chi connectivity index (χ0) is 16.2. The van der Waals surface area contributed by atoms with Crippen LogP contribution >= 0.6 is 0 Å². The summed E-state index contributed by atoms with van der Waals surface area (Å²) in [5.41, 5.74) is 2.38. The van der Waals surface area contributed by atoms with Crippen LogP contribution in [0.15, 0.2) is 24.8 Å². The number of nitrogens with zero attached hydrogens (tertiary/aromatic N) is 4. The molecule has 23 heavy (non-hydrogen) atoms. The summed E-state index contributed by atoms with van der Waals surface area (Å²) in [4.78, 5) is 0. The summed E-state index contributed by atoms with van der Waals surface area (Å²) >= 11 is 0. The smallest absolute Gasteiger partial charge is 0.101 e. The van der Waals surface area contributed by atoms with E-state index in [0.29, 0.717) is 12.0 Å². The van der Waals surface area contributed by atoms with Crippen molar-refractivity contribution in [2.75, 3.05) is 6.61 Å². The van der Waals surface area contributed by atoms with Crippen molar-refractivity contribution >= 4 is 0 Å². The van der Waals surface area contributed by atoms with Crippen LogP contribution < -0.4 is 5.32 Å². The monoisotopic (exact) mass is 317 g/mol. The van der Waals surface area contributed by atoms with Gasteiger partial charge in [-0.3, -0.25) is 9.36 Å². The fourth-order valence-electron chi connectivity index (χ4n) is 3.13. The lowest BCUT2D eigenvalue weighted by atomic mass is 9.98. The topological polar surface area (TPSA) is 56.9 Å². The van der Waals surface area contributed by atoms with Crippen LogP contribution in [-0.2, 0) is 24.9 Å². The molecule has 6 nitrogen and oxygen atoms in total. The molecule has 0 amide bonds. The highest BCUT2D eigenvalue weighted by Gasteiger charge is 2.28. The summed E-state index contributed by atoms with van der Waals surface area (Å²) in [7, 11) is 1.94. The van der Waals surface area contributed by atoms with Crippen molar-refractivity contribution in [1.29, 1.82) is 0 Å². The van der Waals surface area contributed by atoms with Gasteiger partial charge in [0, 0.05) is 56.3 Å². The van der Waals surface area contributed by atoms with E-state index in [4.69, 9.17) is 4.74 Å². The Balaban J connectivity index is 1.60. The van der Waals surface area contributed by atoms with Gasteiger partial charge in [0.15, 0.2) is 0 Å². The number of ether oxygens (including phenoxy) is 1. The molecule has 3 rings (SSSR count). The first-order chi connectivity index (χ1) is 11.1. The van der Waals surface area contributed by atoms with E-state index in [0.717, 1.165) is 38.1 Å². The van der Waals surface area contributed by atoms with Gasteiger partial charge in [0.2, 0.25) is 0 Å². The predicted octanol–water partition coefficient (Wildman–Crippen LogP) is 2.28. The van der Waals surface area contributed by atoms with Crippen molar-refractivity contribution < 1.29 is 4.74 Å². The number of rotatable bonds is 6. The van der Waals surface area contributed by atoms with E-state index in [9.17, 15) is 0 Å². The van der Waals surface area contributed by atoms with Gasteiger partial charge in [-0.25, -0.2) is 0 Å². The Morgan fingerprint density at radius 3 is 2.91 bits per heavy atom. The molecule has 0 aromatic carbocycles. The van der Waals surface area contributed by atoms with Gasteiger partial charge >= 0.3 is 0 Å². The molecule has 0 bridgehead atoms. The van der Waals surface area contributed by atoms with E-state index in [-0.39, 0.29) is 6.10 Å². The Labute approximate surface area is 137 Å². The van der Waals surface area contributed by atoms with Crippen LogP contribution in [0.4, 0.5) is 0 Å². The van der Waals surface area contributed by atoms with Crippen molar-refractivity contribution in [1.82, 2.24) is 24.9 Å². The van der Waals surface area contributed by atoms with Gasteiger partial charge in [-0.1, -0.05) is 13.8 Å². The quantitative estimate of drug-likeness (QED) is 0.888. The second kappa shape index (κ2) is 7.27. The highest BCUT2D eigenvalue weighted by molar-refractivity contribution is 5.12. The zero-order valence-corrected chi connectivity index (χ0v) is 14.3. The highest BCUT2D eigenvalue weighted by atomic mass is 16.5. The summed E-state index contributed by atoms with van der Waals surface area (Å²) < 4.78 is 9.86. The van der Waals surface area contributed by atoms with Crippen molar-refractivity contribution in [3.8, 4) is 0 Å². The predicted molar refractivity (Wildman–Crippen MR) is 88.8 cm³/mol. The van der Waals surface area contributed by atoms with Crippen molar-refractivity contribution in [3.63, 3.8) is 0 Å². The highest BCUT2D eigenvalue weighted by Crippen LogP contribution is 2.28. The Hall–Kier alpha value is -1.66. The van der Waals surface area contributed by atoms with Gasteiger partial charge < -0.3 is 10.1 Å². The van der Waals surface area contributed by atoms with Crippen LogP contribution in [-0.4, -0.2) is 32.2 Å². The second-order valence-corrected chi connectivity index (χ2v) is 6.83. The molecule has 2 atom stereocenters. The average Bonchev–Trinajstić information content (AvgIpc) is 3.14. The van der Waals surface area contributed by atoms with Gasteiger partial charge in [-0.15, -0.1) is 0 Å². The van der Waals surface area contributed by atoms with Crippen LogP contribution in [0.2, 0.25) is 0 Å². The molecular weight excluding hydrogens is 290 g/mol. The zero-order valence-electron chi connectivity index (χ0n) is 14.3. The molecule has 6 heteroatoms. The second-order valence-electron chi connectivity index (χ2n) is 6.83. The van der Waals surface area contributed by atoms with Crippen LogP contribution in [0.1, 0.15) is 43.9 Å². The molecule has 1 aliphatic rings. The number of hydrogen-bond acceptors (Lipinski definition) is 4. The summed E-state index contributed by atoms with van der Waals surface area (Å²) in [5.74, 6) is 0.609. The summed E-state index contributed by atoms with van der Waals surface area (Å²) in [6, 6.07) is 0.321. The first-order valence-electron chi connectivity index (χ1n) is 8.46. The molecule has 0 unspecified atom stereocenters. The van der Waals surface area contributed by atoms with E-state index in [2.05, 4.69) is 35.6 Å². The van der Waals surface area contributed by atoms with Crippen LogP contribution in [0.5, 0.6) is 0 Å². The fourth-order valence-corrected chi connectivity index (χ4v) is 3.13. The maximum Gasteiger partial charge on any atom is 0.101 e. The molecule has 0 spiro atoms. The minimum absolute atomic E-state index is 0.0863. The lowest BCUT2D eigenvalue weighted by Crippen LogP contribution is -2.38. The SMILES string of the molecule is CC(C)Cn1cc(CN[C@H]2CCCO[C@@H]2c2cnn(C)c2)cn1. The van der Waals surface area contributed by atoms with Crippen LogP contribution in [0.3, 0.4) is 0 Å². The molecule has 0 aliphatic carbocycles. The van der Waals surface area contributed by atoms with Crippen LogP contribution in [0.25, 0.3) is 0 Å². The largest absolute Gasteiger partial charge is 0.372 e. The van der Waals surface area contributed by atoms with Gasteiger partial charge in [0.25, 0.3) is 0 Å². The third-order valence-corrected chi connectivity index (χ3v) is 4.18. The minimum atomic E-state index is 0.0863. The van der Waals surface area contributed by atoms with Gasteiger partial charge in [0.05, 0.1) is 12.4 Å². The standard InChI is InChI=1S/C17H27N5O/c1-13(2)10-22-11-14(8-20-22)7-18-16-5-4-6-23-17(16)15-9-19-21(3)12-15/h8-9,11-13,16-18H,4-7,10H2,1-3H3/t16-,17+/m0/s1. The molecule has 0 radical (unpaired) electrons. The molecule has 126 valence electrons. The van der Waals surface area contributed by atoms with E-state index in [1.54, 1.807) is 0 Å². The van der Waals surface area contributed by atoms with E-state index in [1.165, 1.54) is 5.56 Å². The van der Waals surface area contributed by atoms with Crippen molar-refractivity contribution in [2.24, 2.45) is 13.0 Å². The maximum absolute atomic E-state index is 6.00. The minimum Gasteiger partial charge on any atom is -0.372 e. The third-order valence-electron chi connectivity index (χ3n) is 4.18. The van der Waals surface area contributed by atoms with Crippen LogP contribution in [0, 0.1) is 5.92 Å². The summed E-state index contributed by atoms with van der Waals surface area (Å²) in [6.07, 6.45) is 10.4. The summed E-state index contributed by atoms with van der Waals surface area (Å²) in [6.45, 7) is 7.02. The Morgan fingerprint density at radius 1 is 1.30 bits per heavy atom. The fraction of sp³-hybridized carbons (Fsp3) is 0.647. The number of hydrogen-bond donors (Lipinski definition) is 1. The van der Waals surface area contributed by atoms with Gasteiger partial charge in [-0.2, -0.15) is 10.2 Å². The molecule has 2 aromatic heterocycles. The molecule has 1 saturated heterocycles. The van der Waals surface area contributed by atoms with E-state index >= 15 is 0 Å². The molecule has 0 saturated carbocycles. The van der Waals surface area contributed by atoms with E-state index in [1.807, 2.05) is 35.0 Å². The lowest BCUT2D eigenvalue weighted by molar-refractivity contribution is -0.0112. The first kappa shape index (κ1) is 16.2. The molecule has 1 fully saturated rings. The van der Waals surface area contributed by atoms with Gasteiger partial charge in [-0.05, 0) is 18.8 Å². The normalized spacial score (nSPS) is 21.9. The molecule has 1 aliphatic heterocycles. The van der Waals surface area contributed by atoms with E-state index < -0.39 is 0 Å². The van der Waals surface area contributed by atoms with Crippen molar-refractivity contribution in [2.45, 2.75) is 51.9 Å². The Bertz CT molecular complexity index is 618. The van der Waals surface area contributed by atoms with Crippen molar-refractivity contribution in [3.05, 3.63) is 35.9 Å². The Kier molecular flexibility index (Phi) is 5.13. The maximum atomic E-state index is 6.00. The Morgan fingerprint density at radius 2 is 2.17 bits per heavy atom.